The SMILES string of the molecule is CC(C(=O)NN)C(C)N1CCC(F)C1. The lowest BCUT2D eigenvalue weighted by Gasteiger charge is -2.27. The van der Waals surface area contributed by atoms with Gasteiger partial charge in [-0.05, 0) is 13.3 Å². The molecular weight excluding hydrogens is 185 g/mol. The molecule has 1 aliphatic rings. The molecule has 0 saturated carbocycles. The van der Waals surface area contributed by atoms with Gasteiger partial charge < -0.3 is 0 Å². The second-order valence-corrected chi connectivity index (χ2v) is 3.92. The molecule has 0 aromatic rings. The van der Waals surface area contributed by atoms with E-state index in [2.05, 4.69) is 5.43 Å². The van der Waals surface area contributed by atoms with Gasteiger partial charge in [-0.1, -0.05) is 6.92 Å². The number of rotatable bonds is 3. The van der Waals surface area contributed by atoms with Crippen LogP contribution in [0.2, 0.25) is 0 Å². The number of carbonyl (C=O) groups excluding carboxylic acids is 1. The largest absolute Gasteiger partial charge is 0.297 e. The van der Waals surface area contributed by atoms with Crippen molar-refractivity contribution in [3.63, 3.8) is 0 Å². The molecule has 3 unspecified atom stereocenters. The molecule has 1 rings (SSSR count). The first-order valence-corrected chi connectivity index (χ1v) is 4.94. The summed E-state index contributed by atoms with van der Waals surface area (Å²) < 4.78 is 12.9. The molecule has 1 aliphatic heterocycles. The van der Waals surface area contributed by atoms with E-state index in [1.165, 1.54) is 0 Å². The highest BCUT2D eigenvalue weighted by Gasteiger charge is 2.30. The Morgan fingerprint density at radius 3 is 2.71 bits per heavy atom. The van der Waals surface area contributed by atoms with E-state index in [1.807, 2.05) is 11.8 Å². The molecular formula is C9H18FN3O. The summed E-state index contributed by atoms with van der Waals surface area (Å²) >= 11 is 0. The maximum atomic E-state index is 12.9. The number of likely N-dealkylation sites (tertiary alicyclic amines) is 1. The lowest BCUT2D eigenvalue weighted by atomic mass is 10.0. The number of nitrogens with two attached hydrogens (primary N) is 1. The fourth-order valence-corrected chi connectivity index (χ4v) is 1.78. The van der Waals surface area contributed by atoms with Crippen molar-refractivity contribution in [3.05, 3.63) is 0 Å². The van der Waals surface area contributed by atoms with E-state index in [4.69, 9.17) is 5.84 Å². The van der Waals surface area contributed by atoms with E-state index in [-0.39, 0.29) is 17.9 Å². The predicted molar refractivity (Wildman–Crippen MR) is 52.0 cm³/mol. The topological polar surface area (TPSA) is 58.4 Å². The van der Waals surface area contributed by atoms with Crippen LogP contribution >= 0.6 is 0 Å². The maximum Gasteiger partial charge on any atom is 0.238 e. The van der Waals surface area contributed by atoms with Crippen molar-refractivity contribution < 1.29 is 9.18 Å². The zero-order valence-electron chi connectivity index (χ0n) is 8.66. The number of carbonyl (C=O) groups is 1. The van der Waals surface area contributed by atoms with Gasteiger partial charge in [-0.15, -0.1) is 0 Å². The molecule has 0 bridgehead atoms. The molecule has 0 aromatic carbocycles. The van der Waals surface area contributed by atoms with Crippen molar-refractivity contribution >= 4 is 5.91 Å². The summed E-state index contributed by atoms with van der Waals surface area (Å²) in [4.78, 5) is 13.2. The van der Waals surface area contributed by atoms with E-state index in [0.717, 1.165) is 6.54 Å². The van der Waals surface area contributed by atoms with Crippen molar-refractivity contribution in [2.24, 2.45) is 11.8 Å². The van der Waals surface area contributed by atoms with Gasteiger partial charge in [0.1, 0.15) is 6.17 Å². The summed E-state index contributed by atoms with van der Waals surface area (Å²) in [5.41, 5.74) is 2.12. The minimum Gasteiger partial charge on any atom is -0.297 e. The van der Waals surface area contributed by atoms with Crippen molar-refractivity contribution in [2.75, 3.05) is 13.1 Å². The Labute approximate surface area is 83.6 Å². The first-order valence-electron chi connectivity index (χ1n) is 4.94. The van der Waals surface area contributed by atoms with E-state index in [1.54, 1.807) is 6.92 Å². The summed E-state index contributed by atoms with van der Waals surface area (Å²) in [6, 6.07) is 0.0410. The van der Waals surface area contributed by atoms with Crippen LogP contribution in [0, 0.1) is 5.92 Å². The number of hydrogen-bond acceptors (Lipinski definition) is 3. The molecule has 0 aromatic heterocycles. The standard InChI is InChI=1S/C9H18FN3O/c1-6(9(14)12-11)7(2)13-4-3-8(10)5-13/h6-8H,3-5,11H2,1-2H3,(H,12,14). The second-order valence-electron chi connectivity index (χ2n) is 3.92. The molecule has 0 spiro atoms. The Morgan fingerprint density at radius 2 is 2.29 bits per heavy atom. The number of hydrazine groups is 1. The zero-order chi connectivity index (χ0) is 10.7. The van der Waals surface area contributed by atoms with Gasteiger partial charge in [0.15, 0.2) is 0 Å². The number of amides is 1. The van der Waals surface area contributed by atoms with E-state index in [9.17, 15) is 9.18 Å². The molecule has 1 saturated heterocycles. The van der Waals surface area contributed by atoms with Crippen LogP contribution in [0.3, 0.4) is 0 Å². The van der Waals surface area contributed by atoms with Crippen LogP contribution in [-0.4, -0.2) is 36.1 Å². The highest BCUT2D eigenvalue weighted by molar-refractivity contribution is 5.78. The van der Waals surface area contributed by atoms with E-state index < -0.39 is 6.17 Å². The molecule has 5 heteroatoms. The normalized spacial score (nSPS) is 27.3. The summed E-state index contributed by atoms with van der Waals surface area (Å²) in [6.07, 6.45) is -0.174. The lowest BCUT2D eigenvalue weighted by molar-refractivity contribution is -0.126. The molecule has 4 nitrogen and oxygen atoms in total. The molecule has 3 N–H and O–H groups in total. The Bertz CT molecular complexity index is 212. The van der Waals surface area contributed by atoms with E-state index in [0.29, 0.717) is 13.0 Å². The number of hydrogen-bond donors (Lipinski definition) is 2. The van der Waals surface area contributed by atoms with Crippen LogP contribution < -0.4 is 11.3 Å². The molecule has 82 valence electrons. The number of nitrogens with one attached hydrogen (secondary N) is 1. The zero-order valence-corrected chi connectivity index (χ0v) is 8.66. The smallest absolute Gasteiger partial charge is 0.238 e. The third kappa shape index (κ3) is 2.42. The quantitative estimate of drug-likeness (QED) is 0.387. The maximum absolute atomic E-state index is 12.9. The number of nitrogens with zero attached hydrogens (tertiary/aromatic N) is 1. The molecule has 1 amide bonds. The number of alkyl halides is 1. The fourth-order valence-electron chi connectivity index (χ4n) is 1.78. The van der Waals surface area contributed by atoms with Crippen molar-refractivity contribution in [2.45, 2.75) is 32.5 Å². The van der Waals surface area contributed by atoms with Crippen molar-refractivity contribution in [1.29, 1.82) is 0 Å². The van der Waals surface area contributed by atoms with E-state index >= 15 is 0 Å². The van der Waals surface area contributed by atoms with Crippen molar-refractivity contribution in [3.8, 4) is 0 Å². The predicted octanol–water partition coefficient (Wildman–Crippen LogP) is 0.0447. The van der Waals surface area contributed by atoms with Crippen LogP contribution in [0.4, 0.5) is 4.39 Å². The second kappa shape index (κ2) is 4.70. The number of halogens is 1. The molecule has 3 atom stereocenters. The minimum absolute atomic E-state index is 0.0410. The van der Waals surface area contributed by atoms with Gasteiger partial charge in [-0.3, -0.25) is 15.1 Å². The molecule has 1 heterocycles. The molecule has 1 fully saturated rings. The van der Waals surface area contributed by atoms with Gasteiger partial charge in [0.05, 0.1) is 5.92 Å². The fraction of sp³-hybridized carbons (Fsp3) is 0.889. The lowest BCUT2D eigenvalue weighted by Crippen LogP contribution is -2.45. The Morgan fingerprint density at radius 1 is 1.64 bits per heavy atom. The van der Waals surface area contributed by atoms with Gasteiger partial charge in [0.25, 0.3) is 0 Å². The Balaban J connectivity index is 2.48. The highest BCUT2D eigenvalue weighted by Crippen LogP contribution is 2.19. The summed E-state index contributed by atoms with van der Waals surface area (Å²) in [7, 11) is 0. The summed E-state index contributed by atoms with van der Waals surface area (Å²) in [5.74, 6) is 4.65. The Kier molecular flexibility index (Phi) is 3.83. The minimum atomic E-state index is -0.745. The molecule has 0 aliphatic carbocycles. The van der Waals surface area contributed by atoms with Crippen LogP contribution in [0.25, 0.3) is 0 Å². The van der Waals surface area contributed by atoms with Gasteiger partial charge in [-0.25, -0.2) is 10.2 Å². The average molecular weight is 203 g/mol. The van der Waals surface area contributed by atoms with Gasteiger partial charge in [0, 0.05) is 19.1 Å². The monoisotopic (exact) mass is 203 g/mol. The van der Waals surface area contributed by atoms with Crippen LogP contribution in [0.15, 0.2) is 0 Å². The third-order valence-corrected chi connectivity index (χ3v) is 3.02. The van der Waals surface area contributed by atoms with Gasteiger partial charge >= 0.3 is 0 Å². The molecule has 0 radical (unpaired) electrons. The van der Waals surface area contributed by atoms with Crippen LogP contribution in [0.5, 0.6) is 0 Å². The van der Waals surface area contributed by atoms with Gasteiger partial charge in [0.2, 0.25) is 5.91 Å². The molecule has 14 heavy (non-hydrogen) atoms. The first kappa shape index (κ1) is 11.4. The van der Waals surface area contributed by atoms with Gasteiger partial charge in [-0.2, -0.15) is 0 Å². The third-order valence-electron chi connectivity index (χ3n) is 3.02. The van der Waals surface area contributed by atoms with Crippen LogP contribution in [-0.2, 0) is 4.79 Å². The Hall–Kier alpha value is -0.680. The van der Waals surface area contributed by atoms with Crippen LogP contribution in [0.1, 0.15) is 20.3 Å². The summed E-state index contributed by atoms with van der Waals surface area (Å²) in [5, 5.41) is 0. The highest BCUT2D eigenvalue weighted by atomic mass is 19.1. The van der Waals surface area contributed by atoms with Crippen molar-refractivity contribution in [1.82, 2.24) is 10.3 Å². The summed E-state index contributed by atoms with van der Waals surface area (Å²) in [6.45, 7) is 4.89. The average Bonchev–Trinajstić information content (AvgIpc) is 2.61. The first-order chi connectivity index (χ1) is 6.56.